The van der Waals surface area contributed by atoms with E-state index in [1.54, 1.807) is 17.1 Å². The van der Waals surface area contributed by atoms with Crippen molar-refractivity contribution in [3.05, 3.63) is 130 Å². The van der Waals surface area contributed by atoms with Crippen LogP contribution in [0, 0.1) is 23.7 Å². The van der Waals surface area contributed by atoms with Crippen LogP contribution in [0.1, 0.15) is 114 Å². The first-order valence-corrected chi connectivity index (χ1v) is 26.3. The number of aromatic carboxylic acids is 1. The highest BCUT2D eigenvalue weighted by Crippen LogP contribution is 2.49. The maximum atomic E-state index is 12.8. The summed E-state index contributed by atoms with van der Waals surface area (Å²) in [6.45, 7) is 12.4. The van der Waals surface area contributed by atoms with E-state index in [1.165, 1.54) is 24.0 Å². The van der Waals surface area contributed by atoms with Gasteiger partial charge in [-0.05, 0) is 92.2 Å². The summed E-state index contributed by atoms with van der Waals surface area (Å²) in [7, 11) is -1.09. The topological polar surface area (TPSA) is 184 Å². The van der Waals surface area contributed by atoms with Gasteiger partial charge in [0.05, 0.1) is 35.9 Å². The van der Waals surface area contributed by atoms with Gasteiger partial charge in [0.25, 0.3) is 5.91 Å². The van der Waals surface area contributed by atoms with Gasteiger partial charge in [-0.3, -0.25) is 19.3 Å². The number of benzene rings is 2. The summed E-state index contributed by atoms with van der Waals surface area (Å²) in [4.78, 5) is 24.1. The number of anilines is 2. The van der Waals surface area contributed by atoms with Gasteiger partial charge in [0, 0.05) is 49.6 Å². The minimum absolute atomic E-state index is 0. The molecular weight excluding hydrogens is 821 g/mol. The van der Waals surface area contributed by atoms with E-state index < -0.39 is 14.0 Å². The Morgan fingerprint density at radius 1 is 0.828 bits per heavy atom. The van der Waals surface area contributed by atoms with Crippen LogP contribution in [0.2, 0.25) is 25.7 Å². The zero-order chi connectivity index (χ0) is 44.3. The zero-order valence-corrected chi connectivity index (χ0v) is 38.2. The second-order valence-electron chi connectivity index (χ2n) is 18.9. The van der Waals surface area contributed by atoms with Crippen LogP contribution in [0.4, 0.5) is 11.4 Å². The highest BCUT2D eigenvalue weighted by atomic mass is 28.3. The predicted molar refractivity (Wildman–Crippen MR) is 253 cm³/mol. The second kappa shape index (κ2) is 19.9. The Labute approximate surface area is 378 Å². The van der Waals surface area contributed by atoms with Gasteiger partial charge in [-0.2, -0.15) is 20.4 Å². The molecule has 15 heteroatoms. The van der Waals surface area contributed by atoms with Crippen LogP contribution >= 0.6 is 0 Å². The minimum Gasteiger partial charge on any atom is -0.476 e. The van der Waals surface area contributed by atoms with Gasteiger partial charge in [-0.1, -0.05) is 102 Å². The number of fused-ring (bicyclic) bond motifs is 4. The largest absolute Gasteiger partial charge is 0.476 e. The van der Waals surface area contributed by atoms with Crippen LogP contribution < -0.4 is 11.1 Å². The first-order chi connectivity index (χ1) is 30.4. The van der Waals surface area contributed by atoms with Gasteiger partial charge in [-0.15, -0.1) is 0 Å². The number of nitrogen functional groups attached to an aromatic ring is 1. The number of amides is 1. The molecule has 0 bridgehead atoms. The van der Waals surface area contributed by atoms with Crippen molar-refractivity contribution >= 4 is 31.3 Å². The van der Waals surface area contributed by atoms with Gasteiger partial charge in [0.2, 0.25) is 0 Å². The zero-order valence-electron chi connectivity index (χ0n) is 37.2. The standard InChI is InChI=1S/C21H23N5O.C15H24N2O3Si.C12H15N3.CH4/c1-2-19(13-6-4-3-5-7-13)26-12-16(11-22-26)23-21(27)20-17-9-14-8-15(14)10-18(17)24-25-20;1-21(2,3)5-4-20-9-17-13-8-11-6-10(11)7-12(13)14(16-17)15(18)19;1-2-12(10-6-4-3-5-7-10)15-9-11(13)8-14-15;/h3-7,11-12,14-15,19H,2,8-10H2,1H3,(H,23,27)(H,24,25);10-11H,4-9H2,1-3H3,(H,18,19);3-9,12H,2,13H2,1H3;1H4/t14?,15?,19-;;12-;/m0.0./s1. The Balaban J connectivity index is 0.000000149. The van der Waals surface area contributed by atoms with E-state index in [0.717, 1.165) is 91.4 Å². The van der Waals surface area contributed by atoms with Crippen LogP contribution in [-0.4, -0.2) is 71.2 Å². The van der Waals surface area contributed by atoms with Crippen molar-refractivity contribution in [3.63, 3.8) is 0 Å². The fourth-order valence-electron chi connectivity index (χ4n) is 9.21. The van der Waals surface area contributed by atoms with E-state index in [4.69, 9.17) is 10.5 Å². The molecule has 0 spiro atoms. The molecule has 4 heterocycles. The van der Waals surface area contributed by atoms with Gasteiger partial charge in [-0.25, -0.2) is 9.48 Å². The Morgan fingerprint density at radius 2 is 1.41 bits per heavy atom. The molecule has 0 saturated heterocycles. The molecule has 4 aromatic heterocycles. The molecular formula is C49H66N10O4Si. The molecule has 4 aliphatic carbocycles. The van der Waals surface area contributed by atoms with Crippen LogP contribution in [0.25, 0.3) is 0 Å². The second-order valence-corrected chi connectivity index (χ2v) is 24.5. The average Bonchev–Trinajstić information content (AvgIpc) is 3.93. The molecule has 340 valence electrons. The monoisotopic (exact) mass is 887 g/mol. The van der Waals surface area contributed by atoms with Crippen molar-refractivity contribution in [1.82, 2.24) is 39.5 Å². The van der Waals surface area contributed by atoms with Crippen LogP contribution in [0.5, 0.6) is 0 Å². The molecule has 0 radical (unpaired) electrons. The van der Waals surface area contributed by atoms with Gasteiger partial charge < -0.3 is 20.9 Å². The number of aromatic amines is 1. The van der Waals surface area contributed by atoms with E-state index in [1.807, 2.05) is 58.2 Å². The molecule has 4 aliphatic rings. The number of carbonyl (C=O) groups is 2. The highest BCUT2D eigenvalue weighted by molar-refractivity contribution is 6.76. The third kappa shape index (κ3) is 10.9. The molecule has 6 atom stereocenters. The fraction of sp³-hybridized carbons (Fsp3) is 0.469. The van der Waals surface area contributed by atoms with E-state index >= 15 is 0 Å². The number of hydrogen-bond donors (Lipinski definition) is 4. The highest BCUT2D eigenvalue weighted by Gasteiger charge is 2.45. The fourth-order valence-corrected chi connectivity index (χ4v) is 9.96. The maximum absolute atomic E-state index is 12.8. The summed E-state index contributed by atoms with van der Waals surface area (Å²) in [6, 6.07) is 22.2. The molecule has 5 N–H and O–H groups in total. The lowest BCUT2D eigenvalue weighted by molar-refractivity contribution is 0.0668. The molecule has 6 aromatic rings. The molecule has 10 rings (SSSR count). The van der Waals surface area contributed by atoms with E-state index in [0.29, 0.717) is 29.7 Å². The lowest BCUT2D eigenvalue weighted by Crippen LogP contribution is -2.22. The molecule has 4 unspecified atom stereocenters. The van der Waals surface area contributed by atoms with Crippen LogP contribution in [0.3, 0.4) is 0 Å². The maximum Gasteiger partial charge on any atom is 0.356 e. The molecule has 14 nitrogen and oxygen atoms in total. The van der Waals surface area contributed by atoms with Gasteiger partial charge >= 0.3 is 5.97 Å². The normalized spacial score (nSPS) is 19.6. The van der Waals surface area contributed by atoms with Crippen molar-refractivity contribution < 1.29 is 19.4 Å². The summed E-state index contributed by atoms with van der Waals surface area (Å²) < 4.78 is 11.4. The number of rotatable bonds is 14. The summed E-state index contributed by atoms with van der Waals surface area (Å²) in [5.74, 6) is 1.93. The average molecular weight is 887 g/mol. The molecule has 2 fully saturated rings. The van der Waals surface area contributed by atoms with Crippen molar-refractivity contribution in [1.29, 1.82) is 0 Å². The van der Waals surface area contributed by atoms with E-state index in [2.05, 4.69) is 88.6 Å². The summed E-state index contributed by atoms with van der Waals surface area (Å²) in [5, 5.41) is 32.7. The number of carboxylic acid groups (broad SMARTS) is 1. The smallest absolute Gasteiger partial charge is 0.356 e. The Bertz CT molecular complexity index is 2490. The summed E-state index contributed by atoms with van der Waals surface area (Å²) in [5.41, 5.74) is 14.6. The van der Waals surface area contributed by atoms with Crippen molar-refractivity contribution in [3.8, 4) is 0 Å². The SMILES string of the molecule is C.CC[C@@H](c1ccccc1)n1cc(N)cn1.CC[C@@H](c1ccccc1)n1cc(NC(=O)c2n[nH]c3c2CC2CC2C3)cn1.C[Si](C)(C)CCOCn1nc(C(=O)O)c2c1CC1CC1C2. The summed E-state index contributed by atoms with van der Waals surface area (Å²) in [6.07, 6.45) is 15.5. The first kappa shape index (κ1) is 46.2. The predicted octanol–water partition coefficient (Wildman–Crippen LogP) is 9.32. The Morgan fingerprint density at radius 3 is 1.98 bits per heavy atom. The van der Waals surface area contributed by atoms with Gasteiger partial charge in [0.15, 0.2) is 11.4 Å². The first-order valence-electron chi connectivity index (χ1n) is 22.6. The minimum atomic E-state index is -1.09. The lowest BCUT2D eigenvalue weighted by atomic mass is 9.96. The number of aromatic nitrogens is 8. The van der Waals surface area contributed by atoms with Crippen molar-refractivity contribution in [2.24, 2.45) is 23.7 Å². The number of nitrogens with two attached hydrogens (primary N) is 1. The molecule has 0 aliphatic heterocycles. The molecule has 64 heavy (non-hydrogen) atoms. The molecule has 2 aromatic carbocycles. The Kier molecular flexibility index (Phi) is 14.4. The molecule has 2 saturated carbocycles. The number of carboxylic acids is 1. The third-order valence-electron chi connectivity index (χ3n) is 13.0. The van der Waals surface area contributed by atoms with Crippen LogP contribution in [-0.2, 0) is 37.2 Å². The number of nitrogens with zero attached hydrogens (tertiary/aromatic N) is 7. The van der Waals surface area contributed by atoms with E-state index in [-0.39, 0.29) is 31.1 Å². The van der Waals surface area contributed by atoms with E-state index in [9.17, 15) is 14.7 Å². The van der Waals surface area contributed by atoms with Crippen LogP contribution in [0.15, 0.2) is 85.5 Å². The number of carbonyl (C=O) groups excluding carboxylic acids is 1. The molecule has 1 amide bonds. The quantitative estimate of drug-likeness (QED) is 0.0612. The Hall–Kier alpha value is -5.80. The number of ether oxygens (including phenoxy) is 1. The third-order valence-corrected chi connectivity index (χ3v) is 14.7. The number of nitrogens with one attached hydrogen (secondary N) is 2. The number of H-pyrrole nitrogens is 1. The van der Waals surface area contributed by atoms with Crippen molar-refractivity contribution in [2.45, 2.75) is 117 Å². The summed E-state index contributed by atoms with van der Waals surface area (Å²) >= 11 is 0. The number of hydrogen-bond acceptors (Lipinski definition) is 8. The van der Waals surface area contributed by atoms with Crippen molar-refractivity contribution in [2.75, 3.05) is 17.7 Å². The van der Waals surface area contributed by atoms with Gasteiger partial charge in [0.1, 0.15) is 6.73 Å². The lowest BCUT2D eigenvalue weighted by Gasteiger charge is -2.17.